The van der Waals surface area contributed by atoms with E-state index < -0.39 is 17.5 Å². The van der Waals surface area contributed by atoms with Gasteiger partial charge in [-0.15, -0.1) is 0 Å². The molecule has 0 bridgehead atoms. The second-order valence-electron chi connectivity index (χ2n) is 12.7. The number of carbonyl (C=O) groups excluding carboxylic acids is 3. The average Bonchev–Trinajstić information content (AvgIpc) is 3.65. The molecule has 3 aliphatic rings. The Kier molecular flexibility index (Phi) is 5.52. The zero-order valence-corrected chi connectivity index (χ0v) is 23.8. The maximum absolute atomic E-state index is 13.5. The zero-order chi connectivity index (χ0) is 28.7. The molecule has 0 N–H and O–H groups in total. The van der Waals surface area contributed by atoms with Crippen LogP contribution in [0.25, 0.3) is 33.0 Å². The van der Waals surface area contributed by atoms with Gasteiger partial charge in [0.1, 0.15) is 5.60 Å². The van der Waals surface area contributed by atoms with Gasteiger partial charge in [-0.1, -0.05) is 36.4 Å². The van der Waals surface area contributed by atoms with Crippen LogP contribution >= 0.6 is 0 Å². The van der Waals surface area contributed by atoms with E-state index in [9.17, 15) is 14.4 Å². The maximum atomic E-state index is 13.5. The number of aryl methyl sites for hydroxylation is 2. The first-order valence-electron chi connectivity index (χ1n) is 14.2. The third kappa shape index (κ3) is 3.99. The van der Waals surface area contributed by atoms with Crippen LogP contribution in [0.1, 0.15) is 50.4 Å². The summed E-state index contributed by atoms with van der Waals surface area (Å²) in [5, 5.41) is 1.83. The second-order valence-corrected chi connectivity index (χ2v) is 12.7. The van der Waals surface area contributed by atoms with E-state index in [1.54, 1.807) is 0 Å². The molecule has 0 aliphatic carbocycles. The number of rotatable bonds is 2. The molecule has 4 aromatic rings. The summed E-state index contributed by atoms with van der Waals surface area (Å²) in [6.07, 6.45) is 4.07. The Labute approximate surface area is 238 Å². The van der Waals surface area contributed by atoms with Crippen molar-refractivity contribution in [3.63, 3.8) is 0 Å². The Morgan fingerprint density at radius 1 is 0.902 bits per heavy atom. The summed E-state index contributed by atoms with van der Waals surface area (Å²) in [4.78, 5) is 41.6. The van der Waals surface area contributed by atoms with Crippen molar-refractivity contribution < 1.29 is 23.9 Å². The van der Waals surface area contributed by atoms with Gasteiger partial charge in [0.2, 0.25) is 0 Å². The third-order valence-electron chi connectivity index (χ3n) is 8.84. The first-order chi connectivity index (χ1) is 19.6. The smallest absolute Gasteiger partial charge is 0.410 e. The standard InChI is InChI=1S/C33H33N3O5/c1-32(2,3)41-31(39)35-15-13-33(19-35)14-16-36-24-12-8-6-10-21(24)26(25(36)17-33)28-27(29(37)40-30(28)38)22-18-34(4)23-11-7-5-9-20(22)23/h5-12,18H,13-17,19H2,1-4H3. The van der Waals surface area contributed by atoms with Gasteiger partial charge in [-0.3, -0.25) is 0 Å². The lowest BCUT2D eigenvalue weighted by Gasteiger charge is -2.35. The molecule has 210 valence electrons. The zero-order valence-electron chi connectivity index (χ0n) is 23.8. The number of likely N-dealkylation sites (tertiary alicyclic amines) is 1. The summed E-state index contributed by atoms with van der Waals surface area (Å²) >= 11 is 0. The predicted molar refractivity (Wildman–Crippen MR) is 156 cm³/mol. The van der Waals surface area contributed by atoms with Crippen LogP contribution in [-0.4, -0.2) is 50.8 Å². The summed E-state index contributed by atoms with van der Waals surface area (Å²) in [7, 11) is 1.93. The number of cyclic esters (lactones) is 2. The van der Waals surface area contributed by atoms with Crippen molar-refractivity contribution in [3.05, 3.63) is 71.5 Å². The Bertz CT molecular complexity index is 1820. The van der Waals surface area contributed by atoms with Crippen LogP contribution in [0.15, 0.2) is 54.7 Å². The minimum atomic E-state index is -0.618. The van der Waals surface area contributed by atoms with Crippen LogP contribution in [0, 0.1) is 5.41 Å². The van der Waals surface area contributed by atoms with Gasteiger partial charge in [-0.25, -0.2) is 14.4 Å². The van der Waals surface area contributed by atoms with Gasteiger partial charge in [0, 0.05) is 71.5 Å². The monoisotopic (exact) mass is 551 g/mol. The normalized spacial score (nSPS) is 20.9. The lowest BCUT2D eigenvalue weighted by molar-refractivity contribution is -0.149. The average molecular weight is 552 g/mol. The fraction of sp³-hybridized carbons (Fsp3) is 0.364. The minimum Gasteiger partial charge on any atom is -0.444 e. The summed E-state index contributed by atoms with van der Waals surface area (Å²) in [6, 6.07) is 15.9. The van der Waals surface area contributed by atoms with Crippen molar-refractivity contribution in [3.8, 4) is 0 Å². The van der Waals surface area contributed by atoms with Crippen LogP contribution in [-0.2, 0) is 39.1 Å². The van der Waals surface area contributed by atoms with E-state index in [4.69, 9.17) is 9.47 Å². The van der Waals surface area contributed by atoms with E-state index in [1.165, 1.54) is 0 Å². The van der Waals surface area contributed by atoms with Crippen LogP contribution < -0.4 is 0 Å². The van der Waals surface area contributed by atoms with Crippen molar-refractivity contribution in [1.82, 2.24) is 14.0 Å². The molecule has 1 atom stereocenters. The van der Waals surface area contributed by atoms with E-state index >= 15 is 0 Å². The first-order valence-corrected chi connectivity index (χ1v) is 14.2. The van der Waals surface area contributed by atoms with Crippen molar-refractivity contribution in [1.29, 1.82) is 0 Å². The molecule has 3 aliphatic heterocycles. The third-order valence-corrected chi connectivity index (χ3v) is 8.84. The minimum absolute atomic E-state index is 0.136. The quantitative estimate of drug-likeness (QED) is 0.236. The Morgan fingerprint density at radius 3 is 2.32 bits per heavy atom. The number of hydrogen-bond acceptors (Lipinski definition) is 5. The highest BCUT2D eigenvalue weighted by atomic mass is 16.6. The van der Waals surface area contributed by atoms with Crippen molar-refractivity contribution in [2.45, 2.75) is 52.2 Å². The van der Waals surface area contributed by atoms with Gasteiger partial charge >= 0.3 is 18.0 Å². The second kappa shape index (κ2) is 8.83. The van der Waals surface area contributed by atoms with E-state index in [-0.39, 0.29) is 11.5 Å². The number of fused-ring (bicyclic) bond motifs is 4. The molecule has 41 heavy (non-hydrogen) atoms. The van der Waals surface area contributed by atoms with Gasteiger partial charge in [-0.2, -0.15) is 0 Å². The number of esters is 2. The lowest BCUT2D eigenvalue weighted by Crippen LogP contribution is -2.39. The van der Waals surface area contributed by atoms with Crippen molar-refractivity contribution in [2.24, 2.45) is 12.5 Å². The highest BCUT2D eigenvalue weighted by Crippen LogP contribution is 2.48. The molecule has 1 fully saturated rings. The van der Waals surface area contributed by atoms with Crippen LogP contribution in [0.4, 0.5) is 4.79 Å². The molecule has 7 rings (SSSR count). The largest absolute Gasteiger partial charge is 0.444 e. The number of carbonyl (C=O) groups is 3. The Morgan fingerprint density at radius 2 is 1.56 bits per heavy atom. The first kappa shape index (κ1) is 25.6. The van der Waals surface area contributed by atoms with Gasteiger partial charge < -0.3 is 23.5 Å². The Balaban J connectivity index is 1.39. The highest BCUT2D eigenvalue weighted by molar-refractivity contribution is 6.47. The maximum Gasteiger partial charge on any atom is 0.410 e. The SMILES string of the molecule is Cn1cc(C2=C(c3c4n(c5ccccc35)CCC3(CCN(C(=O)OC(C)(C)C)C3)C4)C(=O)OC2=O)c2ccccc21. The molecule has 5 heterocycles. The van der Waals surface area contributed by atoms with Crippen molar-refractivity contribution >= 4 is 51.0 Å². The van der Waals surface area contributed by atoms with Crippen molar-refractivity contribution in [2.75, 3.05) is 13.1 Å². The summed E-state index contributed by atoms with van der Waals surface area (Å²) in [5.41, 5.74) is 4.44. The number of para-hydroxylation sites is 2. The summed E-state index contributed by atoms with van der Waals surface area (Å²) in [6.45, 7) is 7.64. The molecule has 0 saturated carbocycles. The molecular weight excluding hydrogens is 518 g/mol. The van der Waals surface area contributed by atoms with Gasteiger partial charge in [0.05, 0.1) is 11.1 Å². The molecule has 1 saturated heterocycles. The molecule has 1 amide bonds. The van der Waals surface area contributed by atoms with Crippen LogP contribution in [0.5, 0.6) is 0 Å². The molecular formula is C33H33N3O5. The van der Waals surface area contributed by atoms with Gasteiger partial charge in [0.15, 0.2) is 0 Å². The van der Waals surface area contributed by atoms with E-state index in [0.29, 0.717) is 36.2 Å². The summed E-state index contributed by atoms with van der Waals surface area (Å²) in [5.74, 6) is -1.23. The number of aromatic nitrogens is 2. The molecule has 2 aromatic heterocycles. The summed E-state index contributed by atoms with van der Waals surface area (Å²) < 4.78 is 15.3. The molecule has 8 nitrogen and oxygen atoms in total. The Hall–Kier alpha value is -4.33. The molecule has 8 heteroatoms. The van der Waals surface area contributed by atoms with Crippen LogP contribution in [0.2, 0.25) is 0 Å². The lowest BCUT2D eigenvalue weighted by atomic mass is 9.76. The molecule has 1 spiro atoms. The molecule has 0 radical (unpaired) electrons. The number of ether oxygens (including phenoxy) is 2. The van der Waals surface area contributed by atoms with Gasteiger partial charge in [-0.05, 0) is 57.6 Å². The number of benzene rings is 2. The number of hydrogen-bond donors (Lipinski definition) is 0. The highest BCUT2D eigenvalue weighted by Gasteiger charge is 2.46. The van der Waals surface area contributed by atoms with E-state index in [1.807, 2.05) is 85.9 Å². The number of amides is 1. The predicted octanol–water partition coefficient (Wildman–Crippen LogP) is 5.70. The topological polar surface area (TPSA) is 82.8 Å². The number of nitrogens with zero attached hydrogens (tertiary/aromatic N) is 3. The fourth-order valence-electron chi connectivity index (χ4n) is 7.04. The van der Waals surface area contributed by atoms with E-state index in [0.717, 1.165) is 52.4 Å². The van der Waals surface area contributed by atoms with E-state index in [2.05, 4.69) is 10.6 Å². The fourth-order valence-corrected chi connectivity index (χ4v) is 7.04. The van der Waals surface area contributed by atoms with Crippen LogP contribution in [0.3, 0.4) is 0 Å². The van der Waals surface area contributed by atoms with Gasteiger partial charge in [0.25, 0.3) is 0 Å². The molecule has 2 aromatic carbocycles. The molecule has 1 unspecified atom stereocenters.